The highest BCUT2D eigenvalue weighted by Gasteiger charge is 2.25. The van der Waals surface area contributed by atoms with Crippen LogP contribution in [0.2, 0.25) is 0 Å². The number of halogens is 1. The van der Waals surface area contributed by atoms with Gasteiger partial charge in [-0.1, -0.05) is 18.2 Å². The molecule has 0 aliphatic carbocycles. The average Bonchev–Trinajstić information content (AvgIpc) is 2.95. The molecule has 1 fully saturated rings. The Bertz CT molecular complexity index is 552. The zero-order valence-corrected chi connectivity index (χ0v) is 12.1. The van der Waals surface area contributed by atoms with Gasteiger partial charge in [-0.15, -0.1) is 12.4 Å². The maximum atomic E-state index is 5.84. The molecule has 0 bridgehead atoms. The van der Waals surface area contributed by atoms with E-state index in [0.29, 0.717) is 6.04 Å². The van der Waals surface area contributed by atoms with Crippen molar-refractivity contribution in [2.75, 3.05) is 13.1 Å². The fourth-order valence-corrected chi connectivity index (χ4v) is 2.99. The van der Waals surface area contributed by atoms with E-state index in [2.05, 4.69) is 24.0 Å². The summed E-state index contributed by atoms with van der Waals surface area (Å²) < 4.78 is 5.82. The largest absolute Gasteiger partial charge is 0.461 e. The number of likely N-dealkylation sites (tertiary alicyclic amines) is 1. The van der Waals surface area contributed by atoms with Gasteiger partial charge >= 0.3 is 0 Å². The first-order valence-electron chi connectivity index (χ1n) is 6.70. The summed E-state index contributed by atoms with van der Waals surface area (Å²) in [6.45, 7) is 4.93. The second-order valence-corrected chi connectivity index (χ2v) is 5.14. The number of aryl methyl sites for hydroxylation is 1. The van der Waals surface area contributed by atoms with Gasteiger partial charge in [0.25, 0.3) is 0 Å². The molecule has 2 heterocycles. The number of rotatable bonds is 3. The normalized spacial score (nSPS) is 19.8. The molecule has 1 saturated heterocycles. The standard InChI is InChI=1S/C15H20N2O.ClH/c1-11-14(10-17-8-4-5-12(17)9-16)13-6-2-3-7-15(13)18-11;/h2-3,6-7,12H,4-5,8-10,16H2,1H3;1H. The third-order valence-electron chi connectivity index (χ3n) is 4.03. The number of benzene rings is 1. The number of nitrogens with zero attached hydrogens (tertiary/aromatic N) is 1. The van der Waals surface area contributed by atoms with Gasteiger partial charge < -0.3 is 10.2 Å². The van der Waals surface area contributed by atoms with Crippen LogP contribution < -0.4 is 5.73 Å². The third kappa shape index (κ3) is 2.64. The Balaban J connectivity index is 0.00000133. The van der Waals surface area contributed by atoms with Crippen LogP contribution in [0.4, 0.5) is 0 Å². The Labute approximate surface area is 120 Å². The van der Waals surface area contributed by atoms with Crippen molar-refractivity contribution < 1.29 is 4.42 Å². The predicted molar refractivity (Wildman–Crippen MR) is 80.7 cm³/mol. The van der Waals surface area contributed by atoms with E-state index < -0.39 is 0 Å². The molecule has 0 amide bonds. The van der Waals surface area contributed by atoms with E-state index in [1.807, 2.05) is 12.1 Å². The summed E-state index contributed by atoms with van der Waals surface area (Å²) in [5, 5.41) is 1.25. The Morgan fingerprint density at radius 1 is 1.37 bits per heavy atom. The molecule has 1 aromatic carbocycles. The smallest absolute Gasteiger partial charge is 0.134 e. The van der Waals surface area contributed by atoms with Crippen LogP contribution in [-0.2, 0) is 6.54 Å². The molecule has 1 aromatic heterocycles. The first-order valence-corrected chi connectivity index (χ1v) is 6.70. The molecule has 0 saturated carbocycles. The molecule has 104 valence electrons. The Morgan fingerprint density at radius 3 is 2.95 bits per heavy atom. The van der Waals surface area contributed by atoms with Gasteiger partial charge in [-0.05, 0) is 32.4 Å². The van der Waals surface area contributed by atoms with Gasteiger partial charge in [0.2, 0.25) is 0 Å². The Morgan fingerprint density at radius 2 is 2.16 bits per heavy atom. The van der Waals surface area contributed by atoms with Gasteiger partial charge in [-0.2, -0.15) is 0 Å². The number of hydrogen-bond acceptors (Lipinski definition) is 3. The molecule has 1 aliphatic heterocycles. The van der Waals surface area contributed by atoms with Crippen LogP contribution in [-0.4, -0.2) is 24.0 Å². The molecule has 3 nitrogen and oxygen atoms in total. The molecule has 1 unspecified atom stereocenters. The summed E-state index contributed by atoms with van der Waals surface area (Å²) in [5.74, 6) is 1.04. The summed E-state index contributed by atoms with van der Waals surface area (Å²) in [6.07, 6.45) is 2.49. The van der Waals surface area contributed by atoms with E-state index in [9.17, 15) is 0 Å². The second-order valence-electron chi connectivity index (χ2n) is 5.14. The number of fused-ring (bicyclic) bond motifs is 1. The van der Waals surface area contributed by atoms with Gasteiger partial charge in [0, 0.05) is 30.1 Å². The van der Waals surface area contributed by atoms with Crippen molar-refractivity contribution in [1.82, 2.24) is 4.90 Å². The Hall–Kier alpha value is -1.03. The number of furan rings is 1. The van der Waals surface area contributed by atoms with E-state index in [-0.39, 0.29) is 12.4 Å². The van der Waals surface area contributed by atoms with E-state index in [0.717, 1.165) is 31.0 Å². The van der Waals surface area contributed by atoms with Crippen LogP contribution in [0.1, 0.15) is 24.2 Å². The molecular weight excluding hydrogens is 260 g/mol. The molecule has 1 atom stereocenters. The van der Waals surface area contributed by atoms with Crippen LogP contribution in [0, 0.1) is 6.92 Å². The lowest BCUT2D eigenvalue weighted by Gasteiger charge is -2.22. The van der Waals surface area contributed by atoms with Crippen molar-refractivity contribution in [3.63, 3.8) is 0 Å². The lowest BCUT2D eigenvalue weighted by atomic mass is 10.1. The monoisotopic (exact) mass is 280 g/mol. The lowest BCUT2D eigenvalue weighted by Crippen LogP contribution is -2.34. The number of hydrogen-bond donors (Lipinski definition) is 1. The van der Waals surface area contributed by atoms with E-state index in [1.54, 1.807) is 0 Å². The third-order valence-corrected chi connectivity index (χ3v) is 4.03. The highest BCUT2D eigenvalue weighted by Crippen LogP contribution is 2.28. The highest BCUT2D eigenvalue weighted by atomic mass is 35.5. The number of nitrogens with two attached hydrogens (primary N) is 1. The molecule has 0 radical (unpaired) electrons. The summed E-state index contributed by atoms with van der Waals surface area (Å²) >= 11 is 0. The minimum Gasteiger partial charge on any atom is -0.461 e. The quantitative estimate of drug-likeness (QED) is 0.939. The summed E-state index contributed by atoms with van der Waals surface area (Å²) in [6, 6.07) is 8.82. The minimum atomic E-state index is 0. The van der Waals surface area contributed by atoms with Crippen LogP contribution in [0.15, 0.2) is 28.7 Å². The zero-order valence-electron chi connectivity index (χ0n) is 11.3. The Kier molecular flexibility index (Phi) is 4.50. The first-order chi connectivity index (χ1) is 8.79. The molecule has 2 aromatic rings. The van der Waals surface area contributed by atoms with Gasteiger partial charge in [0.15, 0.2) is 0 Å². The molecule has 4 heteroatoms. The van der Waals surface area contributed by atoms with Crippen LogP contribution in [0.3, 0.4) is 0 Å². The fourth-order valence-electron chi connectivity index (χ4n) is 2.99. The second kappa shape index (κ2) is 5.95. The van der Waals surface area contributed by atoms with E-state index >= 15 is 0 Å². The lowest BCUT2D eigenvalue weighted by molar-refractivity contribution is 0.249. The average molecular weight is 281 g/mol. The molecule has 2 N–H and O–H groups in total. The maximum Gasteiger partial charge on any atom is 0.134 e. The van der Waals surface area contributed by atoms with Crippen molar-refractivity contribution in [3.05, 3.63) is 35.6 Å². The van der Waals surface area contributed by atoms with Crippen molar-refractivity contribution in [2.24, 2.45) is 5.73 Å². The minimum absolute atomic E-state index is 0. The molecular formula is C15H21ClN2O. The van der Waals surface area contributed by atoms with E-state index in [4.69, 9.17) is 10.2 Å². The van der Waals surface area contributed by atoms with Gasteiger partial charge in [0.1, 0.15) is 11.3 Å². The van der Waals surface area contributed by atoms with Gasteiger partial charge in [0.05, 0.1) is 0 Å². The molecule has 1 aliphatic rings. The summed E-state index contributed by atoms with van der Waals surface area (Å²) in [5.41, 5.74) is 8.16. The summed E-state index contributed by atoms with van der Waals surface area (Å²) in [4.78, 5) is 2.49. The van der Waals surface area contributed by atoms with Crippen LogP contribution in [0.25, 0.3) is 11.0 Å². The number of para-hydroxylation sites is 1. The first kappa shape index (κ1) is 14.4. The summed E-state index contributed by atoms with van der Waals surface area (Å²) in [7, 11) is 0. The van der Waals surface area contributed by atoms with Crippen molar-refractivity contribution in [3.8, 4) is 0 Å². The SMILES string of the molecule is Cc1oc2ccccc2c1CN1CCCC1CN.Cl. The van der Waals surface area contributed by atoms with Crippen molar-refractivity contribution in [1.29, 1.82) is 0 Å². The molecule has 19 heavy (non-hydrogen) atoms. The van der Waals surface area contributed by atoms with Crippen molar-refractivity contribution >= 4 is 23.4 Å². The molecule has 0 spiro atoms. The van der Waals surface area contributed by atoms with Crippen LogP contribution >= 0.6 is 12.4 Å². The van der Waals surface area contributed by atoms with E-state index in [1.165, 1.54) is 23.8 Å². The van der Waals surface area contributed by atoms with Gasteiger partial charge in [-0.25, -0.2) is 0 Å². The van der Waals surface area contributed by atoms with Crippen LogP contribution in [0.5, 0.6) is 0 Å². The zero-order chi connectivity index (χ0) is 12.5. The predicted octanol–water partition coefficient (Wildman–Crippen LogP) is 3.09. The topological polar surface area (TPSA) is 42.4 Å². The van der Waals surface area contributed by atoms with Gasteiger partial charge in [-0.3, -0.25) is 4.90 Å². The molecule has 3 rings (SSSR count). The fraction of sp³-hybridized carbons (Fsp3) is 0.467. The maximum absolute atomic E-state index is 5.84. The highest BCUT2D eigenvalue weighted by molar-refractivity contribution is 5.85. The van der Waals surface area contributed by atoms with Crippen molar-refractivity contribution in [2.45, 2.75) is 32.4 Å².